The van der Waals surface area contributed by atoms with Gasteiger partial charge in [0.1, 0.15) is 17.4 Å². The minimum absolute atomic E-state index is 0.161. The minimum atomic E-state index is 0.161. The van der Waals surface area contributed by atoms with Crippen molar-refractivity contribution in [3.05, 3.63) is 44.3 Å². The maximum atomic E-state index is 6.05. The first-order chi connectivity index (χ1) is 9.60. The highest BCUT2D eigenvalue weighted by Gasteiger charge is 2.12. The molecule has 20 heavy (non-hydrogen) atoms. The molecule has 1 heterocycles. The Balaban J connectivity index is 2.12. The van der Waals surface area contributed by atoms with Crippen LogP contribution < -0.4 is 10.5 Å². The highest BCUT2D eigenvalue weighted by Crippen LogP contribution is 2.31. The molecule has 0 amide bonds. The van der Waals surface area contributed by atoms with Crippen LogP contribution in [0.4, 0.5) is 0 Å². The fourth-order valence-corrected chi connectivity index (χ4v) is 3.11. The zero-order valence-electron chi connectivity index (χ0n) is 11.7. The highest BCUT2D eigenvalue weighted by atomic mass is 79.9. The van der Waals surface area contributed by atoms with E-state index in [1.807, 2.05) is 24.4 Å². The lowest BCUT2D eigenvalue weighted by molar-refractivity contribution is 0.299. The lowest BCUT2D eigenvalue weighted by atomic mass is 10.0. The van der Waals surface area contributed by atoms with Gasteiger partial charge in [-0.3, -0.25) is 0 Å². The molecule has 0 aliphatic carbocycles. The number of nitrogens with zero attached hydrogens (tertiary/aromatic N) is 1. The Morgan fingerprint density at radius 2 is 2.25 bits per heavy atom. The Bertz CT molecular complexity index is 571. The monoisotopic (exact) mass is 354 g/mol. The van der Waals surface area contributed by atoms with Crippen LogP contribution in [0.2, 0.25) is 0 Å². The lowest BCUT2D eigenvalue weighted by Crippen LogP contribution is -2.21. The van der Waals surface area contributed by atoms with E-state index in [0.29, 0.717) is 6.61 Å². The molecule has 3 nitrogen and oxygen atoms in total. The molecule has 1 atom stereocenters. The zero-order chi connectivity index (χ0) is 14.5. The molecule has 1 unspecified atom stereocenters. The summed E-state index contributed by atoms with van der Waals surface area (Å²) >= 11 is 5.18. The maximum Gasteiger partial charge on any atom is 0.140 e. The summed E-state index contributed by atoms with van der Waals surface area (Å²) in [6.45, 7) is 4.58. The average molecular weight is 355 g/mol. The molecule has 0 saturated heterocycles. The van der Waals surface area contributed by atoms with Gasteiger partial charge in [-0.1, -0.05) is 19.1 Å². The van der Waals surface area contributed by atoms with Crippen LogP contribution in [0.3, 0.4) is 0 Å². The molecule has 0 saturated carbocycles. The molecule has 0 bridgehead atoms. The van der Waals surface area contributed by atoms with Crippen molar-refractivity contribution in [2.75, 3.05) is 0 Å². The van der Waals surface area contributed by atoms with Gasteiger partial charge in [0.15, 0.2) is 0 Å². The van der Waals surface area contributed by atoms with Gasteiger partial charge in [0, 0.05) is 17.1 Å². The van der Waals surface area contributed by atoms with Gasteiger partial charge >= 0.3 is 0 Å². The average Bonchev–Trinajstić information content (AvgIpc) is 2.83. The largest absolute Gasteiger partial charge is 0.485 e. The Kier molecular flexibility index (Phi) is 5.57. The fraction of sp³-hybridized carbons (Fsp3) is 0.400. The number of nitrogens with two attached hydrogens (primary N) is 1. The number of hydrogen-bond donors (Lipinski definition) is 1. The van der Waals surface area contributed by atoms with Gasteiger partial charge in [0.2, 0.25) is 0 Å². The van der Waals surface area contributed by atoms with Crippen LogP contribution in [0, 0.1) is 6.92 Å². The molecule has 108 valence electrons. The summed E-state index contributed by atoms with van der Waals surface area (Å²) in [6.07, 6.45) is 1.78. The van der Waals surface area contributed by atoms with Gasteiger partial charge in [-0.05, 0) is 47.3 Å². The van der Waals surface area contributed by atoms with Gasteiger partial charge in [-0.2, -0.15) is 0 Å². The third-order valence-electron chi connectivity index (χ3n) is 3.06. The number of aromatic nitrogens is 1. The van der Waals surface area contributed by atoms with Gasteiger partial charge in [0.25, 0.3) is 0 Å². The van der Waals surface area contributed by atoms with Gasteiger partial charge in [0.05, 0.1) is 4.47 Å². The first-order valence-electron chi connectivity index (χ1n) is 6.67. The molecule has 1 aromatic carbocycles. The third kappa shape index (κ3) is 4.04. The summed E-state index contributed by atoms with van der Waals surface area (Å²) in [5.41, 5.74) is 8.23. The van der Waals surface area contributed by atoms with E-state index in [1.54, 1.807) is 11.3 Å². The van der Waals surface area contributed by atoms with Crippen molar-refractivity contribution in [3.8, 4) is 5.75 Å². The van der Waals surface area contributed by atoms with Crippen molar-refractivity contribution in [1.29, 1.82) is 0 Å². The van der Waals surface area contributed by atoms with Crippen molar-refractivity contribution in [2.45, 2.75) is 39.3 Å². The van der Waals surface area contributed by atoms with Crippen LogP contribution >= 0.6 is 27.3 Å². The normalized spacial score (nSPS) is 12.4. The minimum Gasteiger partial charge on any atom is -0.485 e. The molecule has 2 aromatic rings. The zero-order valence-corrected chi connectivity index (χ0v) is 14.1. The van der Waals surface area contributed by atoms with Crippen LogP contribution in [0.5, 0.6) is 5.75 Å². The predicted octanol–water partition coefficient (Wildman–Crippen LogP) is 4.07. The predicted molar refractivity (Wildman–Crippen MR) is 87.3 cm³/mol. The molecule has 0 radical (unpaired) electrons. The van der Waals surface area contributed by atoms with Crippen molar-refractivity contribution in [2.24, 2.45) is 5.73 Å². The van der Waals surface area contributed by atoms with E-state index in [9.17, 15) is 0 Å². The van der Waals surface area contributed by atoms with E-state index in [1.165, 1.54) is 0 Å². The van der Waals surface area contributed by atoms with E-state index >= 15 is 0 Å². The van der Waals surface area contributed by atoms with E-state index in [2.05, 4.69) is 33.9 Å². The molecule has 0 aliphatic rings. The highest BCUT2D eigenvalue weighted by molar-refractivity contribution is 9.10. The van der Waals surface area contributed by atoms with Crippen LogP contribution in [0.1, 0.15) is 29.6 Å². The summed E-state index contributed by atoms with van der Waals surface area (Å²) < 4.78 is 6.92. The summed E-state index contributed by atoms with van der Waals surface area (Å²) in [6, 6.07) is 6.24. The fourth-order valence-electron chi connectivity index (χ4n) is 1.91. The number of benzene rings is 1. The van der Waals surface area contributed by atoms with Crippen LogP contribution in [-0.4, -0.2) is 11.0 Å². The molecular formula is C15H19BrN2OS. The molecule has 2 N–H and O–H groups in total. The number of rotatable bonds is 6. The molecule has 0 spiro atoms. The van der Waals surface area contributed by atoms with Crippen LogP contribution in [-0.2, 0) is 13.0 Å². The topological polar surface area (TPSA) is 48.1 Å². The Morgan fingerprint density at radius 3 is 2.90 bits per heavy atom. The molecule has 0 aliphatic heterocycles. The smallest absolute Gasteiger partial charge is 0.140 e. The van der Waals surface area contributed by atoms with Crippen molar-refractivity contribution in [3.63, 3.8) is 0 Å². The Hall–Kier alpha value is -0.910. The summed E-state index contributed by atoms with van der Waals surface area (Å²) in [4.78, 5) is 4.42. The summed E-state index contributed by atoms with van der Waals surface area (Å²) in [5.74, 6) is 0.879. The Labute approximate surface area is 132 Å². The lowest BCUT2D eigenvalue weighted by Gasteiger charge is -2.15. The molecule has 2 rings (SSSR count). The van der Waals surface area contributed by atoms with Crippen LogP contribution in [0.15, 0.2) is 28.1 Å². The van der Waals surface area contributed by atoms with E-state index in [0.717, 1.165) is 39.3 Å². The number of hydrogen-bond acceptors (Lipinski definition) is 4. The summed E-state index contributed by atoms with van der Waals surface area (Å²) in [5, 5.41) is 3.02. The molecule has 1 aromatic heterocycles. The second-order valence-electron chi connectivity index (χ2n) is 4.77. The van der Waals surface area contributed by atoms with E-state index in [4.69, 9.17) is 10.5 Å². The number of aryl methyl sites for hydroxylation is 1. The molecule has 5 heteroatoms. The van der Waals surface area contributed by atoms with Crippen molar-refractivity contribution < 1.29 is 4.74 Å². The van der Waals surface area contributed by atoms with Gasteiger partial charge in [-0.25, -0.2) is 4.98 Å². The van der Waals surface area contributed by atoms with Gasteiger partial charge in [-0.15, -0.1) is 11.3 Å². The van der Waals surface area contributed by atoms with Crippen molar-refractivity contribution >= 4 is 27.3 Å². The quantitative estimate of drug-likeness (QED) is 0.850. The second-order valence-corrected chi connectivity index (χ2v) is 6.57. The first kappa shape index (κ1) is 15.5. The SMILES string of the molecule is CCC(N)Cc1cccc(Br)c1OCc1nc(C)cs1. The maximum absolute atomic E-state index is 6.05. The number of ether oxygens (including phenoxy) is 1. The van der Waals surface area contributed by atoms with Crippen molar-refractivity contribution in [1.82, 2.24) is 4.98 Å². The second kappa shape index (κ2) is 7.20. The Morgan fingerprint density at radius 1 is 1.45 bits per heavy atom. The van der Waals surface area contributed by atoms with E-state index in [-0.39, 0.29) is 6.04 Å². The molecule has 0 fully saturated rings. The third-order valence-corrected chi connectivity index (χ3v) is 4.63. The summed E-state index contributed by atoms with van der Waals surface area (Å²) in [7, 11) is 0. The standard InChI is InChI=1S/C15H19BrN2OS/c1-3-12(17)7-11-5-4-6-13(16)15(11)19-8-14-18-10(2)9-20-14/h4-6,9,12H,3,7-8,17H2,1-2H3. The molecular weight excluding hydrogens is 336 g/mol. The van der Waals surface area contributed by atoms with Crippen LogP contribution in [0.25, 0.3) is 0 Å². The number of thiazole rings is 1. The van der Waals surface area contributed by atoms with E-state index < -0.39 is 0 Å². The number of halogens is 1. The number of para-hydroxylation sites is 1. The van der Waals surface area contributed by atoms with Gasteiger partial charge < -0.3 is 10.5 Å². The first-order valence-corrected chi connectivity index (χ1v) is 8.34.